The number of nitrogens with zero attached hydrogens (tertiary/aromatic N) is 3. The Morgan fingerprint density at radius 1 is 1.33 bits per heavy atom. The highest BCUT2D eigenvalue weighted by Crippen LogP contribution is 2.31. The smallest absolute Gasteiger partial charge is 0.270 e. The SMILES string of the molecule is CCN(C(=O)c1cc([N+](=O)[O-])ccc1Cl)c1nc2ccccc2s1. The number of rotatable bonds is 4. The second-order valence-electron chi connectivity index (χ2n) is 4.93. The van der Waals surface area contributed by atoms with Crippen molar-refractivity contribution in [2.45, 2.75) is 6.92 Å². The molecule has 122 valence electrons. The first-order chi connectivity index (χ1) is 11.5. The summed E-state index contributed by atoms with van der Waals surface area (Å²) in [6.45, 7) is 2.19. The van der Waals surface area contributed by atoms with E-state index in [0.717, 1.165) is 10.2 Å². The molecule has 0 saturated carbocycles. The number of carbonyl (C=O) groups excluding carboxylic acids is 1. The van der Waals surface area contributed by atoms with Gasteiger partial charge in [0, 0.05) is 18.7 Å². The van der Waals surface area contributed by atoms with E-state index in [2.05, 4.69) is 4.98 Å². The number of hydrogen-bond donors (Lipinski definition) is 0. The van der Waals surface area contributed by atoms with E-state index in [-0.39, 0.29) is 16.3 Å². The zero-order valence-electron chi connectivity index (χ0n) is 12.6. The van der Waals surface area contributed by atoms with E-state index in [1.807, 2.05) is 31.2 Å². The quantitative estimate of drug-likeness (QED) is 0.505. The van der Waals surface area contributed by atoms with Crippen molar-refractivity contribution in [3.05, 3.63) is 63.2 Å². The Kier molecular flexibility index (Phi) is 4.46. The van der Waals surface area contributed by atoms with Crippen molar-refractivity contribution in [3.63, 3.8) is 0 Å². The summed E-state index contributed by atoms with van der Waals surface area (Å²) in [6, 6.07) is 11.4. The van der Waals surface area contributed by atoms with Crippen LogP contribution in [0.5, 0.6) is 0 Å². The molecule has 0 spiro atoms. The van der Waals surface area contributed by atoms with Crippen molar-refractivity contribution in [3.8, 4) is 0 Å². The lowest BCUT2D eigenvalue weighted by atomic mass is 10.1. The van der Waals surface area contributed by atoms with Gasteiger partial charge in [-0.1, -0.05) is 35.1 Å². The lowest BCUT2D eigenvalue weighted by molar-refractivity contribution is -0.384. The van der Waals surface area contributed by atoms with Crippen LogP contribution in [0.1, 0.15) is 17.3 Å². The Labute approximate surface area is 146 Å². The van der Waals surface area contributed by atoms with Gasteiger partial charge in [0.15, 0.2) is 5.13 Å². The van der Waals surface area contributed by atoms with Gasteiger partial charge >= 0.3 is 0 Å². The molecule has 0 N–H and O–H groups in total. The van der Waals surface area contributed by atoms with Gasteiger partial charge in [-0.2, -0.15) is 0 Å². The highest BCUT2D eigenvalue weighted by atomic mass is 35.5. The maximum Gasteiger partial charge on any atom is 0.270 e. The van der Waals surface area contributed by atoms with E-state index in [1.54, 1.807) is 0 Å². The van der Waals surface area contributed by atoms with Crippen molar-refractivity contribution < 1.29 is 9.72 Å². The van der Waals surface area contributed by atoms with E-state index in [0.29, 0.717) is 11.7 Å². The normalized spacial score (nSPS) is 10.8. The first-order valence-electron chi connectivity index (χ1n) is 7.12. The highest BCUT2D eigenvalue weighted by molar-refractivity contribution is 7.22. The summed E-state index contributed by atoms with van der Waals surface area (Å²) in [6.07, 6.45) is 0. The molecule has 0 fully saturated rings. The largest absolute Gasteiger partial charge is 0.284 e. The highest BCUT2D eigenvalue weighted by Gasteiger charge is 2.23. The van der Waals surface area contributed by atoms with Crippen LogP contribution in [0, 0.1) is 10.1 Å². The van der Waals surface area contributed by atoms with Crippen LogP contribution in [0.2, 0.25) is 5.02 Å². The number of carbonyl (C=O) groups is 1. The van der Waals surface area contributed by atoms with Crippen LogP contribution in [0.4, 0.5) is 10.8 Å². The minimum atomic E-state index is -0.554. The molecule has 1 aromatic heterocycles. The first kappa shape index (κ1) is 16.4. The van der Waals surface area contributed by atoms with Gasteiger partial charge in [-0.25, -0.2) is 4.98 Å². The molecule has 3 aromatic rings. The zero-order valence-corrected chi connectivity index (χ0v) is 14.2. The summed E-state index contributed by atoms with van der Waals surface area (Å²) in [5.41, 5.74) is 0.712. The molecule has 0 aliphatic heterocycles. The van der Waals surface area contributed by atoms with Crippen LogP contribution >= 0.6 is 22.9 Å². The van der Waals surface area contributed by atoms with Crippen molar-refractivity contribution in [1.82, 2.24) is 4.98 Å². The zero-order chi connectivity index (χ0) is 17.3. The fraction of sp³-hybridized carbons (Fsp3) is 0.125. The second-order valence-corrected chi connectivity index (χ2v) is 6.35. The molecule has 0 saturated heterocycles. The van der Waals surface area contributed by atoms with E-state index < -0.39 is 10.8 Å². The van der Waals surface area contributed by atoms with Crippen molar-refractivity contribution in [1.29, 1.82) is 0 Å². The number of anilines is 1. The molecule has 8 heteroatoms. The van der Waals surface area contributed by atoms with Gasteiger partial charge in [-0.15, -0.1) is 0 Å². The number of nitro benzene ring substituents is 1. The first-order valence-corrected chi connectivity index (χ1v) is 8.32. The van der Waals surface area contributed by atoms with Crippen LogP contribution in [0.15, 0.2) is 42.5 Å². The molecule has 6 nitrogen and oxygen atoms in total. The third-order valence-electron chi connectivity index (χ3n) is 3.47. The molecular weight excluding hydrogens is 350 g/mol. The van der Waals surface area contributed by atoms with Crippen LogP contribution in [0.3, 0.4) is 0 Å². The van der Waals surface area contributed by atoms with E-state index in [1.165, 1.54) is 34.4 Å². The summed E-state index contributed by atoms with van der Waals surface area (Å²) >= 11 is 7.46. The van der Waals surface area contributed by atoms with Crippen LogP contribution in [0.25, 0.3) is 10.2 Å². The number of hydrogen-bond acceptors (Lipinski definition) is 5. The lowest BCUT2D eigenvalue weighted by Crippen LogP contribution is -2.30. The number of nitro groups is 1. The summed E-state index contributed by atoms with van der Waals surface area (Å²) in [5, 5.41) is 11.6. The monoisotopic (exact) mass is 361 g/mol. The van der Waals surface area contributed by atoms with Crippen molar-refractivity contribution in [2.24, 2.45) is 0 Å². The lowest BCUT2D eigenvalue weighted by Gasteiger charge is -2.18. The Morgan fingerprint density at radius 2 is 2.08 bits per heavy atom. The molecule has 0 aliphatic rings. The fourth-order valence-corrected chi connectivity index (χ4v) is 3.50. The van der Waals surface area contributed by atoms with Crippen LogP contribution < -0.4 is 4.90 Å². The van der Waals surface area contributed by atoms with Gasteiger partial charge in [-0.3, -0.25) is 19.8 Å². The van der Waals surface area contributed by atoms with Gasteiger partial charge < -0.3 is 0 Å². The summed E-state index contributed by atoms with van der Waals surface area (Å²) < 4.78 is 0.962. The molecule has 0 unspecified atom stereocenters. The maximum absolute atomic E-state index is 12.8. The van der Waals surface area contributed by atoms with Crippen LogP contribution in [-0.2, 0) is 0 Å². The van der Waals surface area contributed by atoms with Crippen molar-refractivity contribution in [2.75, 3.05) is 11.4 Å². The molecule has 1 heterocycles. The van der Waals surface area contributed by atoms with Crippen LogP contribution in [-0.4, -0.2) is 22.4 Å². The molecule has 0 bridgehead atoms. The minimum absolute atomic E-state index is 0.0898. The summed E-state index contributed by atoms with van der Waals surface area (Å²) in [4.78, 5) is 29.2. The third-order valence-corrected chi connectivity index (χ3v) is 4.86. The van der Waals surface area contributed by atoms with E-state index in [4.69, 9.17) is 11.6 Å². The fourth-order valence-electron chi connectivity index (χ4n) is 2.28. The predicted octanol–water partition coefficient (Wildman–Crippen LogP) is 4.52. The number of thiazole rings is 1. The van der Waals surface area contributed by atoms with Crippen molar-refractivity contribution >= 4 is 49.9 Å². The molecule has 3 rings (SSSR count). The second kappa shape index (κ2) is 6.54. The molecule has 0 aliphatic carbocycles. The number of aromatic nitrogens is 1. The van der Waals surface area contributed by atoms with Gasteiger partial charge in [0.05, 0.1) is 25.7 Å². The Hall–Kier alpha value is -2.51. The number of fused-ring (bicyclic) bond motifs is 1. The van der Waals surface area contributed by atoms with Gasteiger partial charge in [0.2, 0.25) is 0 Å². The Balaban J connectivity index is 2.03. The molecule has 0 radical (unpaired) electrons. The summed E-state index contributed by atoms with van der Waals surface area (Å²) in [7, 11) is 0. The molecule has 24 heavy (non-hydrogen) atoms. The van der Waals surface area contributed by atoms with Gasteiger partial charge in [0.25, 0.3) is 11.6 Å². The van der Waals surface area contributed by atoms with E-state index in [9.17, 15) is 14.9 Å². The molecule has 0 atom stereocenters. The minimum Gasteiger partial charge on any atom is -0.284 e. The number of non-ortho nitro benzene ring substituents is 1. The molecule has 1 amide bonds. The number of para-hydroxylation sites is 1. The van der Waals surface area contributed by atoms with Gasteiger partial charge in [-0.05, 0) is 25.1 Å². The standard InChI is InChI=1S/C16H12ClN3O3S/c1-2-19(16-18-13-5-3-4-6-14(13)24-16)15(21)11-9-10(20(22)23)7-8-12(11)17/h3-9H,2H2,1H3. The predicted molar refractivity (Wildman–Crippen MR) is 95.1 cm³/mol. The molecule has 2 aromatic carbocycles. The average molecular weight is 362 g/mol. The Bertz CT molecular complexity index is 908. The third kappa shape index (κ3) is 2.95. The summed E-state index contributed by atoms with van der Waals surface area (Å²) in [5.74, 6) is -0.412. The topological polar surface area (TPSA) is 76.3 Å². The number of halogens is 1. The Morgan fingerprint density at radius 3 is 2.75 bits per heavy atom. The van der Waals surface area contributed by atoms with Gasteiger partial charge in [0.1, 0.15) is 0 Å². The average Bonchev–Trinajstić information content (AvgIpc) is 2.99. The maximum atomic E-state index is 12.8. The van der Waals surface area contributed by atoms with E-state index >= 15 is 0 Å². The molecular formula is C16H12ClN3O3S. The number of benzene rings is 2. The number of amides is 1.